The van der Waals surface area contributed by atoms with Crippen molar-refractivity contribution in [2.24, 2.45) is 0 Å². The molecule has 0 amide bonds. The summed E-state index contributed by atoms with van der Waals surface area (Å²) in [5.74, 6) is 0.830. The molecule has 3 aromatic heterocycles. The molecule has 1 aromatic carbocycles. The molecule has 0 atom stereocenters. The molecular weight excluding hydrogens is 430 g/mol. The molecule has 9 nitrogen and oxygen atoms in total. The zero-order chi connectivity index (χ0) is 19.8. The molecule has 2 N–H and O–H groups in total. The molecule has 0 aliphatic heterocycles. The van der Waals surface area contributed by atoms with Crippen LogP contribution < -0.4 is 40.7 Å². The fourth-order valence-corrected chi connectivity index (χ4v) is 3.29. The summed E-state index contributed by atoms with van der Waals surface area (Å²) in [6, 6.07) is 5.01. The molecule has 4 rings (SSSR count). The SMILES string of the molecule is COCc1nnc(-c2cccnc2)n1-c1c(Cl)c(Cl)cc2[nH]c(=O)c(=O)[nH]c12.[H-].[Na+]. The van der Waals surface area contributed by atoms with Crippen LogP contribution in [-0.4, -0.2) is 36.8 Å². The first-order chi connectivity index (χ1) is 13.5. The van der Waals surface area contributed by atoms with Crippen molar-refractivity contribution in [1.29, 1.82) is 0 Å². The van der Waals surface area contributed by atoms with Gasteiger partial charge in [-0.1, -0.05) is 23.2 Å². The second kappa shape index (κ2) is 8.78. The maximum absolute atomic E-state index is 12.0. The third kappa shape index (κ3) is 3.89. The Hall–Kier alpha value is -2.01. The van der Waals surface area contributed by atoms with E-state index in [0.29, 0.717) is 28.4 Å². The van der Waals surface area contributed by atoms with Crippen LogP contribution in [0.4, 0.5) is 0 Å². The van der Waals surface area contributed by atoms with Crippen molar-refractivity contribution in [3.05, 3.63) is 67.2 Å². The molecule has 0 aliphatic rings. The molecule has 12 heteroatoms. The zero-order valence-corrected chi connectivity index (χ0v) is 18.9. The third-order valence-electron chi connectivity index (χ3n) is 4.03. The van der Waals surface area contributed by atoms with Gasteiger partial charge in [-0.25, -0.2) is 0 Å². The van der Waals surface area contributed by atoms with Crippen molar-refractivity contribution >= 4 is 34.2 Å². The number of hydrogen-bond donors (Lipinski definition) is 2. The van der Waals surface area contributed by atoms with Crippen LogP contribution >= 0.6 is 23.2 Å². The van der Waals surface area contributed by atoms with Crippen LogP contribution in [0.1, 0.15) is 7.25 Å². The van der Waals surface area contributed by atoms with Crippen LogP contribution in [0.5, 0.6) is 0 Å². The molecule has 0 bridgehead atoms. The molecule has 0 aliphatic carbocycles. The molecule has 0 unspecified atom stereocenters. The Kier molecular flexibility index (Phi) is 6.57. The van der Waals surface area contributed by atoms with Gasteiger partial charge < -0.3 is 16.1 Å². The number of fused-ring (bicyclic) bond motifs is 1. The quantitative estimate of drug-likeness (QED) is 0.322. The van der Waals surface area contributed by atoms with E-state index in [0.717, 1.165) is 0 Å². The predicted octanol–water partition coefficient (Wildman–Crippen LogP) is -0.571. The number of rotatable bonds is 4. The van der Waals surface area contributed by atoms with Gasteiger partial charge in [-0.3, -0.25) is 19.1 Å². The van der Waals surface area contributed by atoms with E-state index in [4.69, 9.17) is 27.9 Å². The minimum Gasteiger partial charge on any atom is -1.00 e. The monoisotopic (exact) mass is 442 g/mol. The average molecular weight is 443 g/mol. The van der Waals surface area contributed by atoms with E-state index in [9.17, 15) is 9.59 Å². The fraction of sp³-hybridized carbons (Fsp3) is 0.118. The van der Waals surface area contributed by atoms with Gasteiger partial charge in [-0.05, 0) is 18.2 Å². The van der Waals surface area contributed by atoms with Crippen LogP contribution in [0.15, 0.2) is 40.2 Å². The maximum atomic E-state index is 12.0. The smallest absolute Gasteiger partial charge is 1.00 e. The number of nitrogens with one attached hydrogen (secondary N) is 2. The van der Waals surface area contributed by atoms with Gasteiger partial charge in [-0.2, -0.15) is 0 Å². The molecule has 3 heterocycles. The molecule has 4 aromatic rings. The predicted molar refractivity (Wildman–Crippen MR) is 105 cm³/mol. The second-order valence-electron chi connectivity index (χ2n) is 5.80. The topological polar surface area (TPSA) is 119 Å². The van der Waals surface area contributed by atoms with Gasteiger partial charge in [0.2, 0.25) is 0 Å². The first-order valence-electron chi connectivity index (χ1n) is 7.99. The first-order valence-corrected chi connectivity index (χ1v) is 8.75. The van der Waals surface area contributed by atoms with Gasteiger partial charge in [0.1, 0.15) is 6.61 Å². The van der Waals surface area contributed by atoms with E-state index < -0.39 is 11.1 Å². The first kappa shape index (κ1) is 21.7. The summed E-state index contributed by atoms with van der Waals surface area (Å²) in [6.07, 6.45) is 3.24. The Morgan fingerprint density at radius 1 is 1.21 bits per heavy atom. The standard InChI is InChI=1S/C17H12Cl2N6O3.Na.H/c1-28-7-11-23-24-15(8-3-2-4-20-6-8)25(11)14-12(19)9(18)5-10-13(14)22-17(27)16(26)21-10;;/h2-6H,7H2,1H3,(H,21,26)(H,22,27);;/q;+1;-1. The Morgan fingerprint density at radius 3 is 2.66 bits per heavy atom. The molecular formula is C17H13Cl2N6NaO3. The summed E-state index contributed by atoms with van der Waals surface area (Å²) >= 11 is 12.8. The molecule has 0 spiro atoms. The number of aromatic nitrogens is 6. The van der Waals surface area contributed by atoms with Crippen molar-refractivity contribution in [1.82, 2.24) is 29.7 Å². The number of halogens is 2. The number of nitrogens with zero attached hydrogens (tertiary/aromatic N) is 4. The van der Waals surface area contributed by atoms with E-state index in [1.165, 1.54) is 13.2 Å². The Bertz CT molecular complexity index is 1310. The number of aromatic amines is 2. The number of benzene rings is 1. The number of ether oxygens (including phenoxy) is 1. The van der Waals surface area contributed by atoms with Gasteiger partial charge in [0.05, 0.1) is 26.8 Å². The summed E-state index contributed by atoms with van der Waals surface area (Å²) < 4.78 is 6.84. The summed E-state index contributed by atoms with van der Waals surface area (Å²) in [4.78, 5) is 32.9. The van der Waals surface area contributed by atoms with Crippen LogP contribution in [0.3, 0.4) is 0 Å². The number of H-pyrrole nitrogens is 2. The van der Waals surface area contributed by atoms with E-state index in [1.807, 2.05) is 0 Å². The average Bonchev–Trinajstić information content (AvgIpc) is 3.09. The van der Waals surface area contributed by atoms with E-state index in [1.54, 1.807) is 29.1 Å². The van der Waals surface area contributed by atoms with Crippen molar-refractivity contribution < 1.29 is 35.7 Å². The number of methoxy groups -OCH3 is 1. The third-order valence-corrected chi connectivity index (χ3v) is 4.81. The summed E-state index contributed by atoms with van der Waals surface area (Å²) in [6.45, 7) is 0.116. The Morgan fingerprint density at radius 2 is 1.97 bits per heavy atom. The number of pyridine rings is 1. The van der Waals surface area contributed by atoms with E-state index >= 15 is 0 Å². The van der Waals surface area contributed by atoms with Crippen LogP contribution in [0.2, 0.25) is 10.0 Å². The minimum absolute atomic E-state index is 0. The molecule has 0 radical (unpaired) electrons. The largest absolute Gasteiger partial charge is 1.00 e. The molecule has 29 heavy (non-hydrogen) atoms. The molecule has 0 fully saturated rings. The van der Waals surface area contributed by atoms with E-state index in [-0.39, 0.29) is 53.2 Å². The Balaban J connectivity index is 0.00000160. The summed E-state index contributed by atoms with van der Waals surface area (Å²) in [5.41, 5.74) is -0.0622. The summed E-state index contributed by atoms with van der Waals surface area (Å²) in [5, 5.41) is 8.73. The van der Waals surface area contributed by atoms with Crippen LogP contribution in [0, 0.1) is 0 Å². The number of hydrogen-bond acceptors (Lipinski definition) is 6. The molecule has 0 saturated heterocycles. The van der Waals surface area contributed by atoms with E-state index in [2.05, 4.69) is 25.1 Å². The molecule has 0 saturated carbocycles. The zero-order valence-electron chi connectivity index (χ0n) is 16.4. The van der Waals surface area contributed by atoms with Crippen LogP contribution in [-0.2, 0) is 11.3 Å². The van der Waals surface area contributed by atoms with Gasteiger partial charge in [0.25, 0.3) is 0 Å². The minimum atomic E-state index is -0.823. The van der Waals surface area contributed by atoms with Gasteiger partial charge in [0, 0.05) is 25.1 Å². The van der Waals surface area contributed by atoms with Crippen molar-refractivity contribution in [2.75, 3.05) is 7.11 Å². The fourth-order valence-electron chi connectivity index (χ4n) is 2.85. The van der Waals surface area contributed by atoms with Gasteiger partial charge in [0.15, 0.2) is 11.6 Å². The van der Waals surface area contributed by atoms with Crippen LogP contribution in [0.25, 0.3) is 28.1 Å². The normalized spacial score (nSPS) is 10.9. The van der Waals surface area contributed by atoms with Gasteiger partial charge in [-0.15, -0.1) is 10.2 Å². The molecule has 144 valence electrons. The van der Waals surface area contributed by atoms with Gasteiger partial charge >= 0.3 is 40.7 Å². The second-order valence-corrected chi connectivity index (χ2v) is 6.59. The van der Waals surface area contributed by atoms with Crippen molar-refractivity contribution in [2.45, 2.75) is 6.61 Å². The van der Waals surface area contributed by atoms with Crippen molar-refractivity contribution in [3.8, 4) is 17.1 Å². The van der Waals surface area contributed by atoms with Crippen molar-refractivity contribution in [3.63, 3.8) is 0 Å². The maximum Gasteiger partial charge on any atom is 1.00 e. The summed E-state index contributed by atoms with van der Waals surface area (Å²) in [7, 11) is 1.51. The Labute approximate surface area is 196 Å².